The zero-order chi connectivity index (χ0) is 17.4. The lowest BCUT2D eigenvalue weighted by Crippen LogP contribution is -2.17. The van der Waals surface area contributed by atoms with Crippen molar-refractivity contribution in [3.63, 3.8) is 0 Å². The van der Waals surface area contributed by atoms with Gasteiger partial charge in [-0.2, -0.15) is 13.2 Å². The summed E-state index contributed by atoms with van der Waals surface area (Å²) in [7, 11) is 0. The van der Waals surface area contributed by atoms with Gasteiger partial charge in [-0.1, -0.05) is 0 Å². The van der Waals surface area contributed by atoms with Crippen LogP contribution in [0.3, 0.4) is 0 Å². The quantitative estimate of drug-likeness (QED) is 0.500. The number of carbonyl (C=O) groups excluding carboxylic acids is 1. The molecule has 0 aliphatic heterocycles. The number of ketones is 1. The second-order valence-electron chi connectivity index (χ2n) is 4.43. The summed E-state index contributed by atoms with van der Waals surface area (Å²) in [6.07, 6.45) is -5.60. The molecule has 0 fully saturated rings. The van der Waals surface area contributed by atoms with Gasteiger partial charge in [0.1, 0.15) is 11.3 Å². The van der Waals surface area contributed by atoms with Gasteiger partial charge in [0.05, 0.1) is 0 Å². The van der Waals surface area contributed by atoms with Gasteiger partial charge in [0.25, 0.3) is 0 Å². The molecule has 1 N–H and O–H groups in total. The van der Waals surface area contributed by atoms with Crippen LogP contribution in [0.5, 0.6) is 0 Å². The van der Waals surface area contributed by atoms with E-state index in [1.807, 2.05) is 5.32 Å². The van der Waals surface area contributed by atoms with Crippen LogP contribution < -0.4 is 5.32 Å². The van der Waals surface area contributed by atoms with Crippen LogP contribution in [0.2, 0.25) is 0 Å². The molecule has 9 heteroatoms. The number of nitrogens with one attached hydrogen (secondary N) is 1. The van der Waals surface area contributed by atoms with Gasteiger partial charge < -0.3 is 5.32 Å². The summed E-state index contributed by atoms with van der Waals surface area (Å²) in [6, 6.07) is 0. The molecule has 0 atom stereocenters. The fraction of sp³-hybridized carbons (Fsp3) is 0.308. The molecule has 0 heterocycles. The third-order valence-electron chi connectivity index (χ3n) is 2.95. The molecule has 0 bridgehead atoms. The van der Waals surface area contributed by atoms with Crippen LogP contribution in [-0.2, 0) is 11.0 Å². The maximum absolute atomic E-state index is 13.6. The number of halogens is 7. The van der Waals surface area contributed by atoms with E-state index >= 15 is 0 Å². The van der Waals surface area contributed by atoms with Crippen molar-refractivity contribution in [2.75, 3.05) is 5.32 Å². The van der Waals surface area contributed by atoms with Crippen molar-refractivity contribution in [2.24, 2.45) is 0 Å². The highest BCUT2D eigenvalue weighted by atomic mass is 19.4. The molecule has 2 nitrogen and oxygen atoms in total. The third kappa shape index (κ3) is 3.23. The van der Waals surface area contributed by atoms with Gasteiger partial charge in [0, 0.05) is 11.3 Å². The Kier molecular flexibility index (Phi) is 4.89. The van der Waals surface area contributed by atoms with Crippen molar-refractivity contribution in [1.29, 1.82) is 0 Å². The molecular weight excluding hydrogens is 319 g/mol. The monoisotopic (exact) mass is 329 g/mol. The Bertz CT molecular complexity index is 632. The van der Waals surface area contributed by atoms with Gasteiger partial charge in [-0.05, 0) is 20.8 Å². The Morgan fingerprint density at radius 3 is 1.59 bits per heavy atom. The Morgan fingerprint density at radius 2 is 1.27 bits per heavy atom. The number of benzene rings is 1. The molecule has 22 heavy (non-hydrogen) atoms. The molecule has 0 aliphatic rings. The summed E-state index contributed by atoms with van der Waals surface area (Å²) in [5, 5.41) is 1.88. The maximum Gasteiger partial charge on any atom is 0.422 e. The second kappa shape index (κ2) is 5.98. The SMILES string of the molecule is CC(=O)C(C)=C(C)Nc1c(F)c(F)c(C(F)(F)F)c(F)c1F. The summed E-state index contributed by atoms with van der Waals surface area (Å²) in [5.74, 6) is -10.1. The normalized spacial score (nSPS) is 13.0. The van der Waals surface area contributed by atoms with E-state index in [1.54, 1.807) is 0 Å². The zero-order valence-electron chi connectivity index (χ0n) is 11.6. The molecule has 0 amide bonds. The van der Waals surface area contributed by atoms with E-state index in [0.29, 0.717) is 0 Å². The van der Waals surface area contributed by atoms with Gasteiger partial charge in [0.2, 0.25) is 0 Å². The van der Waals surface area contributed by atoms with Gasteiger partial charge in [-0.25, -0.2) is 17.6 Å². The Labute approximate surface area is 120 Å². The lowest BCUT2D eigenvalue weighted by molar-refractivity contribution is -0.143. The first-order chi connectivity index (χ1) is 9.89. The minimum Gasteiger partial charge on any atom is -0.354 e. The highest BCUT2D eigenvalue weighted by Gasteiger charge is 2.42. The van der Waals surface area contributed by atoms with Crippen LogP contribution in [0, 0.1) is 23.3 Å². The molecule has 1 rings (SSSR count). The Balaban J connectivity index is 3.55. The van der Waals surface area contributed by atoms with E-state index in [-0.39, 0.29) is 11.3 Å². The standard InChI is InChI=1S/C13H10F7NO/c1-4(6(3)22)5(2)21-12-10(16)8(14)7(13(18,19)20)9(15)11(12)17/h21H,1-3H3. The fourth-order valence-corrected chi connectivity index (χ4v) is 1.54. The number of anilines is 1. The van der Waals surface area contributed by atoms with Crippen LogP contribution in [-0.4, -0.2) is 5.78 Å². The summed E-state index contributed by atoms with van der Waals surface area (Å²) < 4.78 is 91.2. The topological polar surface area (TPSA) is 29.1 Å². The number of carbonyl (C=O) groups is 1. The van der Waals surface area contributed by atoms with Crippen molar-refractivity contribution in [1.82, 2.24) is 0 Å². The first-order valence-electron chi connectivity index (χ1n) is 5.78. The van der Waals surface area contributed by atoms with Gasteiger partial charge in [-0.3, -0.25) is 4.79 Å². The van der Waals surface area contributed by atoms with Crippen LogP contribution in [0.15, 0.2) is 11.3 Å². The molecule has 0 saturated heterocycles. The average Bonchev–Trinajstić information content (AvgIpc) is 2.38. The highest BCUT2D eigenvalue weighted by molar-refractivity contribution is 5.93. The molecule has 0 radical (unpaired) electrons. The molecule has 0 spiro atoms. The minimum absolute atomic E-state index is 0.0143. The van der Waals surface area contributed by atoms with Crippen molar-refractivity contribution >= 4 is 11.5 Å². The number of hydrogen-bond acceptors (Lipinski definition) is 2. The van der Waals surface area contributed by atoms with Crippen molar-refractivity contribution < 1.29 is 35.5 Å². The van der Waals surface area contributed by atoms with Crippen LogP contribution >= 0.6 is 0 Å². The number of hydrogen-bond donors (Lipinski definition) is 1. The largest absolute Gasteiger partial charge is 0.422 e. The summed E-state index contributed by atoms with van der Waals surface area (Å²) >= 11 is 0. The maximum atomic E-state index is 13.6. The lowest BCUT2D eigenvalue weighted by atomic mass is 10.1. The molecule has 0 aliphatic carbocycles. The zero-order valence-corrected chi connectivity index (χ0v) is 11.6. The Morgan fingerprint density at radius 1 is 0.864 bits per heavy atom. The fourth-order valence-electron chi connectivity index (χ4n) is 1.54. The van der Waals surface area contributed by atoms with Crippen molar-refractivity contribution in [3.05, 3.63) is 40.1 Å². The summed E-state index contributed by atoms with van der Waals surface area (Å²) in [5.41, 5.74) is -4.28. The van der Waals surface area contributed by atoms with Crippen LogP contribution in [0.4, 0.5) is 36.4 Å². The van der Waals surface area contributed by atoms with E-state index in [1.165, 1.54) is 13.8 Å². The van der Waals surface area contributed by atoms with Crippen molar-refractivity contribution in [2.45, 2.75) is 26.9 Å². The molecule has 122 valence electrons. The van der Waals surface area contributed by atoms with Crippen molar-refractivity contribution in [3.8, 4) is 0 Å². The molecule has 0 unspecified atom stereocenters. The smallest absolute Gasteiger partial charge is 0.354 e. The average molecular weight is 329 g/mol. The second-order valence-corrected chi connectivity index (χ2v) is 4.43. The van der Waals surface area contributed by atoms with Gasteiger partial charge in [0.15, 0.2) is 29.1 Å². The number of allylic oxidation sites excluding steroid dienone is 2. The van der Waals surface area contributed by atoms with Crippen LogP contribution in [0.25, 0.3) is 0 Å². The molecule has 0 aromatic heterocycles. The summed E-state index contributed by atoms with van der Waals surface area (Å²) in [6.45, 7) is 3.56. The Hall–Kier alpha value is -2.06. The number of Topliss-reactive ketones (excluding diaryl/α,β-unsaturated/α-hetero) is 1. The number of alkyl halides is 3. The molecular formula is C13H10F7NO. The highest BCUT2D eigenvalue weighted by Crippen LogP contribution is 2.38. The molecule has 1 aromatic carbocycles. The minimum atomic E-state index is -5.60. The van der Waals surface area contributed by atoms with Crippen LogP contribution in [0.1, 0.15) is 26.3 Å². The van der Waals surface area contributed by atoms with E-state index in [9.17, 15) is 35.5 Å². The first-order valence-corrected chi connectivity index (χ1v) is 5.78. The van der Waals surface area contributed by atoms with E-state index in [4.69, 9.17) is 0 Å². The van der Waals surface area contributed by atoms with E-state index in [2.05, 4.69) is 0 Å². The molecule has 0 saturated carbocycles. The van der Waals surface area contributed by atoms with Gasteiger partial charge in [-0.15, -0.1) is 0 Å². The predicted octanol–water partition coefficient (Wildman–Crippen LogP) is 4.56. The van der Waals surface area contributed by atoms with E-state index in [0.717, 1.165) is 6.92 Å². The predicted molar refractivity (Wildman–Crippen MR) is 64.0 cm³/mol. The third-order valence-corrected chi connectivity index (χ3v) is 2.95. The number of rotatable bonds is 3. The lowest BCUT2D eigenvalue weighted by Gasteiger charge is -2.16. The summed E-state index contributed by atoms with van der Waals surface area (Å²) in [4.78, 5) is 11.1. The molecule has 1 aromatic rings. The first kappa shape index (κ1) is 18.0. The van der Waals surface area contributed by atoms with Gasteiger partial charge >= 0.3 is 6.18 Å². The van der Waals surface area contributed by atoms with E-state index < -0.39 is 46.5 Å².